The lowest BCUT2D eigenvalue weighted by Crippen LogP contribution is -2.31. The van der Waals surface area contributed by atoms with Gasteiger partial charge in [0.2, 0.25) is 10.0 Å². The van der Waals surface area contributed by atoms with Crippen molar-refractivity contribution in [3.05, 3.63) is 54.1 Å². The van der Waals surface area contributed by atoms with Crippen LogP contribution in [0.25, 0.3) is 0 Å². The second-order valence-electron chi connectivity index (χ2n) is 6.00. The lowest BCUT2D eigenvalue weighted by molar-refractivity contribution is 0.249. The van der Waals surface area contributed by atoms with Crippen LogP contribution in [0.2, 0.25) is 0 Å². The Morgan fingerprint density at radius 2 is 1.85 bits per heavy atom. The van der Waals surface area contributed by atoms with Crippen molar-refractivity contribution in [2.24, 2.45) is 5.14 Å². The smallest absolute Gasteiger partial charge is 0.319 e. The average molecular weight is 376 g/mol. The van der Waals surface area contributed by atoms with Crippen LogP contribution in [-0.2, 0) is 10.0 Å². The van der Waals surface area contributed by atoms with E-state index in [-0.39, 0.29) is 17.0 Å². The van der Waals surface area contributed by atoms with Gasteiger partial charge in [0, 0.05) is 25.0 Å². The fourth-order valence-corrected chi connectivity index (χ4v) is 2.91. The average Bonchev–Trinajstić information content (AvgIpc) is 2.60. The molecule has 0 saturated heterocycles. The van der Waals surface area contributed by atoms with Crippen molar-refractivity contribution in [1.82, 2.24) is 5.32 Å². The normalized spacial score (nSPS) is 12.3. The summed E-state index contributed by atoms with van der Waals surface area (Å²) in [7, 11) is -1.75. The Labute approximate surface area is 154 Å². The van der Waals surface area contributed by atoms with Gasteiger partial charge < -0.3 is 15.5 Å². The summed E-state index contributed by atoms with van der Waals surface area (Å²) in [6.07, 6.45) is 0. The van der Waals surface area contributed by atoms with Crippen LogP contribution in [0.15, 0.2) is 53.4 Å². The lowest BCUT2D eigenvalue weighted by Gasteiger charge is -2.19. The number of anilines is 2. The van der Waals surface area contributed by atoms with Gasteiger partial charge in [0.15, 0.2) is 0 Å². The topological polar surface area (TPSA) is 105 Å². The number of rotatable bonds is 6. The maximum absolute atomic E-state index is 12.2. The molecule has 140 valence electrons. The van der Waals surface area contributed by atoms with Gasteiger partial charge in [0.25, 0.3) is 0 Å². The highest BCUT2D eigenvalue weighted by Gasteiger charge is 2.12. The second-order valence-corrected chi connectivity index (χ2v) is 7.56. The van der Waals surface area contributed by atoms with Crippen molar-refractivity contribution >= 4 is 27.4 Å². The van der Waals surface area contributed by atoms with Crippen LogP contribution in [0.5, 0.6) is 0 Å². The lowest BCUT2D eigenvalue weighted by atomic mass is 10.1. The third-order valence-electron chi connectivity index (χ3n) is 4.08. The summed E-state index contributed by atoms with van der Waals surface area (Å²) in [6.45, 7) is 4.73. The van der Waals surface area contributed by atoms with Gasteiger partial charge in [-0.05, 0) is 49.7 Å². The molecule has 2 aromatic rings. The molecule has 0 bridgehead atoms. The summed E-state index contributed by atoms with van der Waals surface area (Å²) in [5, 5.41) is 10.7. The van der Waals surface area contributed by atoms with Crippen LogP contribution in [0, 0.1) is 0 Å². The standard InChI is InChI=1S/C18H24N4O3S/c1-4-22(3)16-7-5-6-15(12-16)21-18(23)20-13(2)14-8-10-17(11-9-14)26(19,24)25/h5-13H,4H2,1-3H3,(H2,19,24,25)(H2,20,21,23). The van der Waals surface area contributed by atoms with Crippen LogP contribution in [0.1, 0.15) is 25.5 Å². The molecule has 1 unspecified atom stereocenters. The van der Waals surface area contributed by atoms with Crippen LogP contribution in [-0.4, -0.2) is 28.0 Å². The molecule has 7 nitrogen and oxygen atoms in total. The van der Waals surface area contributed by atoms with Crippen LogP contribution >= 0.6 is 0 Å². The molecule has 0 fully saturated rings. The number of carbonyl (C=O) groups is 1. The maximum Gasteiger partial charge on any atom is 0.319 e. The number of nitrogens with two attached hydrogens (primary N) is 1. The summed E-state index contributed by atoms with van der Waals surface area (Å²) >= 11 is 0. The van der Waals surface area contributed by atoms with Gasteiger partial charge in [-0.2, -0.15) is 0 Å². The van der Waals surface area contributed by atoms with Crippen LogP contribution in [0.3, 0.4) is 0 Å². The number of urea groups is 1. The van der Waals surface area contributed by atoms with E-state index in [1.54, 1.807) is 12.1 Å². The van der Waals surface area contributed by atoms with Crippen molar-refractivity contribution in [2.75, 3.05) is 23.8 Å². The van der Waals surface area contributed by atoms with E-state index in [0.29, 0.717) is 5.69 Å². The molecule has 0 aliphatic rings. The van der Waals surface area contributed by atoms with E-state index in [1.807, 2.05) is 38.2 Å². The fraction of sp³-hybridized carbons (Fsp3) is 0.278. The van der Waals surface area contributed by atoms with Crippen molar-refractivity contribution in [3.8, 4) is 0 Å². The predicted molar refractivity (Wildman–Crippen MR) is 104 cm³/mol. The summed E-state index contributed by atoms with van der Waals surface area (Å²) in [4.78, 5) is 14.3. The third kappa shape index (κ3) is 5.21. The molecule has 2 aromatic carbocycles. The predicted octanol–water partition coefficient (Wildman–Crippen LogP) is 2.67. The zero-order chi connectivity index (χ0) is 19.3. The van der Waals surface area contributed by atoms with Gasteiger partial charge in [-0.1, -0.05) is 18.2 Å². The maximum atomic E-state index is 12.2. The van der Waals surface area contributed by atoms with E-state index in [9.17, 15) is 13.2 Å². The first-order valence-corrected chi connectivity index (χ1v) is 9.77. The minimum Gasteiger partial charge on any atom is -0.375 e. The van der Waals surface area contributed by atoms with Gasteiger partial charge in [-0.15, -0.1) is 0 Å². The second kappa shape index (κ2) is 8.20. The Kier molecular flexibility index (Phi) is 6.23. The summed E-state index contributed by atoms with van der Waals surface area (Å²) < 4.78 is 22.6. The Hall–Kier alpha value is -2.58. The van der Waals surface area contributed by atoms with E-state index in [2.05, 4.69) is 22.5 Å². The Balaban J connectivity index is 2.01. The van der Waals surface area contributed by atoms with Gasteiger partial charge in [0.1, 0.15) is 0 Å². The first-order chi connectivity index (χ1) is 12.2. The Bertz CT molecular complexity index is 866. The van der Waals surface area contributed by atoms with Crippen LogP contribution in [0.4, 0.5) is 16.2 Å². The van der Waals surface area contributed by atoms with E-state index >= 15 is 0 Å². The Morgan fingerprint density at radius 3 is 2.42 bits per heavy atom. The fourth-order valence-electron chi connectivity index (χ4n) is 2.40. The number of nitrogens with zero attached hydrogens (tertiary/aromatic N) is 1. The third-order valence-corrected chi connectivity index (χ3v) is 5.00. The first kappa shape index (κ1) is 19.7. The van der Waals surface area contributed by atoms with Crippen molar-refractivity contribution in [2.45, 2.75) is 24.8 Å². The molecular formula is C18H24N4O3S. The first-order valence-electron chi connectivity index (χ1n) is 8.22. The quantitative estimate of drug-likeness (QED) is 0.721. The zero-order valence-corrected chi connectivity index (χ0v) is 15.9. The SMILES string of the molecule is CCN(C)c1cccc(NC(=O)NC(C)c2ccc(S(N)(=O)=O)cc2)c1. The number of primary sulfonamides is 1. The highest BCUT2D eigenvalue weighted by molar-refractivity contribution is 7.89. The molecule has 0 radical (unpaired) electrons. The van der Waals surface area contributed by atoms with Crippen molar-refractivity contribution in [3.63, 3.8) is 0 Å². The zero-order valence-electron chi connectivity index (χ0n) is 15.1. The molecule has 1 atom stereocenters. The molecule has 0 saturated carbocycles. The molecule has 0 aliphatic carbocycles. The van der Waals surface area contributed by atoms with Gasteiger partial charge in [0.05, 0.1) is 10.9 Å². The number of hydrogen-bond donors (Lipinski definition) is 3. The molecule has 8 heteroatoms. The van der Waals surface area contributed by atoms with E-state index in [0.717, 1.165) is 17.8 Å². The van der Waals surface area contributed by atoms with Crippen LogP contribution < -0.4 is 20.7 Å². The Morgan fingerprint density at radius 1 is 1.19 bits per heavy atom. The summed E-state index contributed by atoms with van der Waals surface area (Å²) in [6, 6.07) is 13.0. The van der Waals surface area contributed by atoms with Gasteiger partial charge >= 0.3 is 6.03 Å². The minimum absolute atomic E-state index is 0.0368. The minimum atomic E-state index is -3.73. The molecule has 2 rings (SSSR count). The van der Waals surface area contributed by atoms with Crippen molar-refractivity contribution < 1.29 is 13.2 Å². The largest absolute Gasteiger partial charge is 0.375 e. The molecule has 0 aromatic heterocycles. The number of hydrogen-bond acceptors (Lipinski definition) is 4. The molecule has 0 aliphatic heterocycles. The monoisotopic (exact) mass is 376 g/mol. The molecular weight excluding hydrogens is 352 g/mol. The number of nitrogens with one attached hydrogen (secondary N) is 2. The molecule has 0 spiro atoms. The van der Waals surface area contributed by atoms with E-state index < -0.39 is 10.0 Å². The summed E-state index contributed by atoms with van der Waals surface area (Å²) in [5.74, 6) is 0. The number of carbonyl (C=O) groups excluding carboxylic acids is 1. The molecule has 2 amide bonds. The van der Waals surface area contributed by atoms with Gasteiger partial charge in [-0.3, -0.25) is 0 Å². The molecule has 0 heterocycles. The molecule has 4 N–H and O–H groups in total. The van der Waals surface area contributed by atoms with E-state index in [1.165, 1.54) is 12.1 Å². The highest BCUT2D eigenvalue weighted by atomic mass is 32.2. The molecule has 26 heavy (non-hydrogen) atoms. The van der Waals surface area contributed by atoms with Crippen molar-refractivity contribution in [1.29, 1.82) is 0 Å². The van der Waals surface area contributed by atoms with E-state index in [4.69, 9.17) is 5.14 Å². The van der Waals surface area contributed by atoms with Gasteiger partial charge in [-0.25, -0.2) is 18.4 Å². The number of sulfonamides is 1. The summed E-state index contributed by atoms with van der Waals surface area (Å²) in [5.41, 5.74) is 2.47. The number of amides is 2. The number of benzene rings is 2. The highest BCUT2D eigenvalue weighted by Crippen LogP contribution is 2.19.